The van der Waals surface area contributed by atoms with Crippen LogP contribution in [0, 0.1) is 0 Å². The fourth-order valence-corrected chi connectivity index (χ4v) is 3.64. The SMILES string of the molecule is COc1ccccc1C1CNCCN1C(=O)c1ccc2c(c1)COC2.Cl. The number of benzene rings is 2. The third-order valence-corrected chi connectivity index (χ3v) is 4.97. The van der Waals surface area contributed by atoms with Gasteiger partial charge in [0.2, 0.25) is 0 Å². The first kappa shape index (κ1) is 18.7. The highest BCUT2D eigenvalue weighted by Crippen LogP contribution is 2.31. The Hall–Kier alpha value is -2.08. The lowest BCUT2D eigenvalue weighted by Crippen LogP contribution is -2.48. The van der Waals surface area contributed by atoms with Gasteiger partial charge in [-0.25, -0.2) is 0 Å². The van der Waals surface area contributed by atoms with E-state index >= 15 is 0 Å². The molecule has 1 atom stereocenters. The van der Waals surface area contributed by atoms with E-state index in [0.29, 0.717) is 19.8 Å². The van der Waals surface area contributed by atoms with Gasteiger partial charge >= 0.3 is 0 Å². The lowest BCUT2D eigenvalue weighted by Gasteiger charge is -2.37. The highest BCUT2D eigenvalue weighted by molar-refractivity contribution is 5.95. The van der Waals surface area contributed by atoms with Gasteiger partial charge in [0.25, 0.3) is 5.91 Å². The van der Waals surface area contributed by atoms with Crippen LogP contribution in [0.2, 0.25) is 0 Å². The number of carbonyl (C=O) groups is 1. The molecular weight excluding hydrogens is 352 g/mol. The average molecular weight is 375 g/mol. The largest absolute Gasteiger partial charge is 0.496 e. The molecule has 2 aromatic rings. The Morgan fingerprint density at radius 2 is 2.00 bits per heavy atom. The van der Waals surface area contributed by atoms with Crippen molar-refractivity contribution in [2.45, 2.75) is 19.3 Å². The molecule has 138 valence electrons. The highest BCUT2D eigenvalue weighted by Gasteiger charge is 2.30. The Labute approximate surface area is 159 Å². The van der Waals surface area contributed by atoms with Crippen molar-refractivity contribution in [3.05, 3.63) is 64.7 Å². The van der Waals surface area contributed by atoms with Gasteiger partial charge in [0.05, 0.1) is 26.4 Å². The van der Waals surface area contributed by atoms with Gasteiger partial charge in [0, 0.05) is 30.8 Å². The minimum Gasteiger partial charge on any atom is -0.496 e. The maximum atomic E-state index is 13.2. The molecule has 4 rings (SSSR count). The quantitative estimate of drug-likeness (QED) is 0.897. The molecule has 2 aliphatic heterocycles. The van der Waals surface area contributed by atoms with E-state index in [4.69, 9.17) is 9.47 Å². The molecular formula is C20H23ClN2O3. The molecule has 26 heavy (non-hydrogen) atoms. The molecule has 0 aliphatic carbocycles. The number of carbonyl (C=O) groups excluding carboxylic acids is 1. The summed E-state index contributed by atoms with van der Waals surface area (Å²) in [5.41, 5.74) is 4.06. The number of hydrogen-bond acceptors (Lipinski definition) is 4. The third-order valence-electron chi connectivity index (χ3n) is 4.97. The van der Waals surface area contributed by atoms with Crippen molar-refractivity contribution >= 4 is 18.3 Å². The molecule has 1 saturated heterocycles. The summed E-state index contributed by atoms with van der Waals surface area (Å²) in [5.74, 6) is 0.878. The summed E-state index contributed by atoms with van der Waals surface area (Å²) in [6.45, 7) is 3.43. The van der Waals surface area contributed by atoms with Crippen LogP contribution in [0.4, 0.5) is 0 Å². The van der Waals surface area contributed by atoms with Gasteiger partial charge < -0.3 is 19.7 Å². The molecule has 0 spiro atoms. The number of nitrogens with one attached hydrogen (secondary N) is 1. The van der Waals surface area contributed by atoms with E-state index in [1.54, 1.807) is 7.11 Å². The molecule has 2 aromatic carbocycles. The van der Waals surface area contributed by atoms with Crippen LogP contribution in [0.5, 0.6) is 5.75 Å². The normalized spacial score (nSPS) is 18.8. The Morgan fingerprint density at radius 3 is 2.85 bits per heavy atom. The Morgan fingerprint density at radius 1 is 1.19 bits per heavy atom. The molecule has 6 heteroatoms. The summed E-state index contributed by atoms with van der Waals surface area (Å²) >= 11 is 0. The first-order valence-electron chi connectivity index (χ1n) is 8.62. The van der Waals surface area contributed by atoms with Crippen LogP contribution in [0.1, 0.15) is 33.1 Å². The second-order valence-electron chi connectivity index (χ2n) is 6.44. The van der Waals surface area contributed by atoms with Crippen molar-refractivity contribution in [2.75, 3.05) is 26.7 Å². The molecule has 5 nitrogen and oxygen atoms in total. The second kappa shape index (κ2) is 8.08. The number of ether oxygens (including phenoxy) is 2. The standard InChI is InChI=1S/C20H22N2O3.ClH/c1-24-19-5-3-2-4-17(19)18-11-21-8-9-22(18)20(23)14-6-7-15-12-25-13-16(15)10-14;/h2-7,10,18,21H,8-9,11-13H2,1H3;1H. The van der Waals surface area contributed by atoms with Gasteiger partial charge in [-0.15, -0.1) is 12.4 Å². The van der Waals surface area contributed by atoms with Crippen LogP contribution >= 0.6 is 12.4 Å². The number of halogens is 1. The molecule has 0 aromatic heterocycles. The van der Waals surface area contributed by atoms with Gasteiger partial charge in [-0.05, 0) is 29.3 Å². The summed E-state index contributed by atoms with van der Waals surface area (Å²) < 4.78 is 11.0. The molecule has 0 saturated carbocycles. The van der Waals surface area contributed by atoms with Crippen molar-refractivity contribution in [3.8, 4) is 5.75 Å². The first-order valence-corrected chi connectivity index (χ1v) is 8.62. The van der Waals surface area contributed by atoms with Crippen molar-refractivity contribution in [1.82, 2.24) is 10.2 Å². The molecule has 1 fully saturated rings. The van der Waals surface area contributed by atoms with E-state index in [9.17, 15) is 4.79 Å². The number of nitrogens with zero attached hydrogens (tertiary/aromatic N) is 1. The Bertz CT molecular complexity index is 796. The van der Waals surface area contributed by atoms with Crippen LogP contribution in [0.3, 0.4) is 0 Å². The molecule has 1 amide bonds. The Kier molecular flexibility index (Phi) is 5.81. The molecule has 0 radical (unpaired) electrons. The van der Waals surface area contributed by atoms with Crippen LogP contribution in [-0.4, -0.2) is 37.6 Å². The summed E-state index contributed by atoms with van der Waals surface area (Å²) in [5, 5.41) is 3.39. The zero-order valence-corrected chi connectivity index (χ0v) is 15.6. The average Bonchev–Trinajstić information content (AvgIpc) is 3.15. The number of fused-ring (bicyclic) bond motifs is 1. The van der Waals surface area contributed by atoms with Gasteiger partial charge in [0.1, 0.15) is 5.75 Å². The lowest BCUT2D eigenvalue weighted by atomic mass is 9.99. The summed E-state index contributed by atoms with van der Waals surface area (Å²) in [6, 6.07) is 13.8. The van der Waals surface area contributed by atoms with Gasteiger partial charge in [0.15, 0.2) is 0 Å². The molecule has 2 aliphatic rings. The van der Waals surface area contributed by atoms with E-state index in [1.807, 2.05) is 47.4 Å². The molecule has 0 bridgehead atoms. The number of methoxy groups -OCH3 is 1. The van der Waals surface area contributed by atoms with Crippen molar-refractivity contribution < 1.29 is 14.3 Å². The zero-order valence-electron chi connectivity index (χ0n) is 14.7. The minimum absolute atomic E-state index is 0. The van der Waals surface area contributed by atoms with Crippen LogP contribution in [0.15, 0.2) is 42.5 Å². The maximum absolute atomic E-state index is 13.2. The number of piperazine rings is 1. The summed E-state index contributed by atoms with van der Waals surface area (Å²) in [6.07, 6.45) is 0. The van der Waals surface area contributed by atoms with Crippen LogP contribution in [0.25, 0.3) is 0 Å². The summed E-state index contributed by atoms with van der Waals surface area (Å²) in [4.78, 5) is 15.1. The molecule has 2 heterocycles. The van der Waals surface area contributed by atoms with Gasteiger partial charge in [-0.2, -0.15) is 0 Å². The van der Waals surface area contributed by atoms with Crippen molar-refractivity contribution in [2.24, 2.45) is 0 Å². The van der Waals surface area contributed by atoms with Gasteiger partial charge in [-0.1, -0.05) is 24.3 Å². The van der Waals surface area contributed by atoms with Crippen LogP contribution in [-0.2, 0) is 18.0 Å². The number of amides is 1. The number of rotatable bonds is 3. The third kappa shape index (κ3) is 3.43. The topological polar surface area (TPSA) is 50.8 Å². The fraction of sp³-hybridized carbons (Fsp3) is 0.350. The lowest BCUT2D eigenvalue weighted by molar-refractivity contribution is 0.0631. The maximum Gasteiger partial charge on any atom is 0.254 e. The van der Waals surface area contributed by atoms with Gasteiger partial charge in [-0.3, -0.25) is 4.79 Å². The predicted molar refractivity (Wildman–Crippen MR) is 102 cm³/mol. The zero-order chi connectivity index (χ0) is 17.2. The smallest absolute Gasteiger partial charge is 0.254 e. The molecule has 1 N–H and O–H groups in total. The van der Waals surface area contributed by atoms with E-state index in [0.717, 1.165) is 35.5 Å². The fourth-order valence-electron chi connectivity index (χ4n) is 3.64. The van der Waals surface area contributed by atoms with E-state index in [1.165, 1.54) is 5.56 Å². The first-order chi connectivity index (χ1) is 12.3. The second-order valence-corrected chi connectivity index (χ2v) is 6.44. The van der Waals surface area contributed by atoms with E-state index in [-0.39, 0.29) is 24.4 Å². The van der Waals surface area contributed by atoms with E-state index < -0.39 is 0 Å². The highest BCUT2D eigenvalue weighted by atomic mass is 35.5. The van der Waals surface area contributed by atoms with Crippen molar-refractivity contribution in [3.63, 3.8) is 0 Å². The predicted octanol–water partition coefficient (Wildman–Crippen LogP) is 2.93. The number of hydrogen-bond donors (Lipinski definition) is 1. The van der Waals surface area contributed by atoms with Crippen molar-refractivity contribution in [1.29, 1.82) is 0 Å². The van der Waals surface area contributed by atoms with Crippen LogP contribution < -0.4 is 10.1 Å². The summed E-state index contributed by atoms with van der Waals surface area (Å²) in [7, 11) is 1.67. The van der Waals surface area contributed by atoms with E-state index in [2.05, 4.69) is 5.32 Å². The minimum atomic E-state index is -0.0399. The molecule has 1 unspecified atom stereocenters. The Balaban J connectivity index is 0.00000196. The number of para-hydroxylation sites is 1. The monoisotopic (exact) mass is 374 g/mol.